The minimum absolute atomic E-state index is 0.812. The van der Waals surface area contributed by atoms with Crippen molar-refractivity contribution in [2.45, 2.75) is 26.7 Å². The normalized spacial score (nSPS) is 20.8. The lowest BCUT2D eigenvalue weighted by atomic mass is 10.4. The molecule has 1 rings (SSSR count). The van der Waals surface area contributed by atoms with E-state index >= 15 is 0 Å². The highest BCUT2D eigenvalue weighted by Gasteiger charge is 2.31. The van der Waals surface area contributed by atoms with Gasteiger partial charge in [0.1, 0.15) is 0 Å². The van der Waals surface area contributed by atoms with Crippen molar-refractivity contribution in [1.29, 1.82) is 0 Å². The molecule has 0 spiro atoms. The molecule has 0 bridgehead atoms. The van der Waals surface area contributed by atoms with Crippen molar-refractivity contribution in [3.05, 3.63) is 0 Å². The molecule has 3 heteroatoms. The third kappa shape index (κ3) is 3.25. The van der Waals surface area contributed by atoms with Crippen LogP contribution in [0.25, 0.3) is 0 Å². The van der Waals surface area contributed by atoms with Gasteiger partial charge in [-0.25, -0.2) is 0 Å². The van der Waals surface area contributed by atoms with Crippen LogP contribution in [0.5, 0.6) is 0 Å². The Bertz CT molecular complexity index is 123. The molecule has 13 heavy (non-hydrogen) atoms. The summed E-state index contributed by atoms with van der Waals surface area (Å²) in [6.07, 6.45) is 2.64. The fourth-order valence-corrected chi connectivity index (χ4v) is 1.87. The summed E-state index contributed by atoms with van der Waals surface area (Å²) in [4.78, 5) is 0. The SMILES string of the molecule is CCOC[N+]1(COCC)CCCC1. The monoisotopic (exact) mass is 188 g/mol. The average molecular weight is 188 g/mol. The molecular formula is C10H22NO2+. The zero-order valence-electron chi connectivity index (χ0n) is 8.92. The molecule has 78 valence electrons. The van der Waals surface area contributed by atoms with Gasteiger partial charge in [0.2, 0.25) is 0 Å². The first-order valence-corrected chi connectivity index (χ1v) is 5.33. The third-order valence-corrected chi connectivity index (χ3v) is 2.65. The van der Waals surface area contributed by atoms with Gasteiger partial charge in [0.25, 0.3) is 0 Å². The van der Waals surface area contributed by atoms with Crippen LogP contribution in [0.15, 0.2) is 0 Å². The van der Waals surface area contributed by atoms with Gasteiger partial charge in [-0.2, -0.15) is 0 Å². The first-order chi connectivity index (χ1) is 6.33. The van der Waals surface area contributed by atoms with E-state index < -0.39 is 0 Å². The maximum atomic E-state index is 5.51. The summed E-state index contributed by atoms with van der Waals surface area (Å²) < 4.78 is 12.0. The van der Waals surface area contributed by atoms with E-state index in [4.69, 9.17) is 9.47 Å². The van der Waals surface area contributed by atoms with Crippen LogP contribution >= 0.6 is 0 Å². The van der Waals surface area contributed by atoms with Crippen LogP contribution in [-0.4, -0.2) is 44.2 Å². The zero-order valence-corrected chi connectivity index (χ0v) is 8.92. The Hall–Kier alpha value is -0.120. The summed E-state index contributed by atoms with van der Waals surface area (Å²) in [5.41, 5.74) is 0. The number of likely N-dealkylation sites (tertiary alicyclic amines) is 1. The Kier molecular flexibility index (Phi) is 4.70. The molecule has 0 saturated carbocycles. The molecule has 0 unspecified atom stereocenters. The zero-order chi connectivity index (χ0) is 9.57. The van der Waals surface area contributed by atoms with E-state index in [1.54, 1.807) is 0 Å². The molecule has 0 atom stereocenters. The molecule has 1 fully saturated rings. The molecule has 1 aliphatic rings. The predicted molar refractivity (Wildman–Crippen MR) is 52.2 cm³/mol. The van der Waals surface area contributed by atoms with Gasteiger partial charge in [0.05, 0.1) is 13.1 Å². The summed E-state index contributed by atoms with van der Waals surface area (Å²) in [6, 6.07) is 0. The second-order valence-corrected chi connectivity index (χ2v) is 3.74. The Morgan fingerprint density at radius 2 is 1.38 bits per heavy atom. The quantitative estimate of drug-likeness (QED) is 0.589. The largest absolute Gasteiger partial charge is 0.332 e. The molecule has 0 amide bonds. The summed E-state index contributed by atoms with van der Waals surface area (Å²) in [5, 5.41) is 0. The lowest BCUT2D eigenvalue weighted by molar-refractivity contribution is -0.952. The van der Waals surface area contributed by atoms with Crippen LogP contribution in [0.3, 0.4) is 0 Å². The van der Waals surface area contributed by atoms with Gasteiger partial charge in [-0.05, 0) is 13.8 Å². The lowest BCUT2D eigenvalue weighted by Gasteiger charge is -2.32. The summed E-state index contributed by atoms with van der Waals surface area (Å²) in [6.45, 7) is 9.83. The number of quaternary nitrogens is 1. The van der Waals surface area contributed by atoms with Gasteiger partial charge in [-0.1, -0.05) is 0 Å². The minimum atomic E-state index is 0.812. The molecule has 3 nitrogen and oxygen atoms in total. The number of hydrogen-bond donors (Lipinski definition) is 0. The number of nitrogens with zero attached hydrogens (tertiary/aromatic N) is 1. The van der Waals surface area contributed by atoms with Gasteiger partial charge in [0, 0.05) is 26.1 Å². The van der Waals surface area contributed by atoms with E-state index in [-0.39, 0.29) is 0 Å². The van der Waals surface area contributed by atoms with Crippen molar-refractivity contribution >= 4 is 0 Å². The maximum absolute atomic E-state index is 5.51. The first-order valence-electron chi connectivity index (χ1n) is 5.33. The fourth-order valence-electron chi connectivity index (χ4n) is 1.87. The van der Waals surface area contributed by atoms with Gasteiger partial charge in [0.15, 0.2) is 13.5 Å². The number of hydrogen-bond acceptors (Lipinski definition) is 2. The van der Waals surface area contributed by atoms with Crippen molar-refractivity contribution in [2.24, 2.45) is 0 Å². The van der Waals surface area contributed by atoms with Crippen molar-refractivity contribution in [2.75, 3.05) is 39.8 Å². The summed E-state index contributed by atoms with van der Waals surface area (Å²) in [5.74, 6) is 0. The topological polar surface area (TPSA) is 18.5 Å². The first kappa shape index (κ1) is 11.0. The Balaban J connectivity index is 2.33. The molecule has 0 N–H and O–H groups in total. The summed E-state index contributed by atoms with van der Waals surface area (Å²) >= 11 is 0. The molecule has 1 saturated heterocycles. The number of rotatable bonds is 6. The highest BCUT2D eigenvalue weighted by Crippen LogP contribution is 2.19. The van der Waals surface area contributed by atoms with Crippen LogP contribution in [0.4, 0.5) is 0 Å². The molecular weight excluding hydrogens is 166 g/mol. The number of ether oxygens (including phenoxy) is 2. The van der Waals surface area contributed by atoms with Crippen LogP contribution < -0.4 is 0 Å². The van der Waals surface area contributed by atoms with E-state index in [0.717, 1.165) is 31.2 Å². The molecule has 0 aliphatic carbocycles. The van der Waals surface area contributed by atoms with Crippen LogP contribution in [0.2, 0.25) is 0 Å². The Morgan fingerprint density at radius 3 is 1.77 bits per heavy atom. The van der Waals surface area contributed by atoms with E-state index in [9.17, 15) is 0 Å². The molecule has 0 aromatic heterocycles. The van der Waals surface area contributed by atoms with Crippen molar-refractivity contribution in [3.8, 4) is 0 Å². The minimum Gasteiger partial charge on any atom is -0.332 e. The van der Waals surface area contributed by atoms with Crippen LogP contribution in [0.1, 0.15) is 26.7 Å². The van der Waals surface area contributed by atoms with Gasteiger partial charge in [-0.15, -0.1) is 0 Å². The Morgan fingerprint density at radius 1 is 0.923 bits per heavy atom. The smallest absolute Gasteiger partial charge is 0.184 e. The highest BCUT2D eigenvalue weighted by molar-refractivity contribution is 4.50. The molecule has 1 aliphatic heterocycles. The van der Waals surface area contributed by atoms with Gasteiger partial charge >= 0.3 is 0 Å². The van der Waals surface area contributed by atoms with E-state index in [2.05, 4.69) is 0 Å². The van der Waals surface area contributed by atoms with Gasteiger partial charge in [-0.3, -0.25) is 4.48 Å². The van der Waals surface area contributed by atoms with Crippen LogP contribution in [0, 0.1) is 0 Å². The predicted octanol–water partition coefficient (Wildman–Crippen LogP) is 1.59. The molecule has 0 radical (unpaired) electrons. The standard InChI is InChI=1S/C10H22NO2/c1-3-12-9-11(10-13-4-2)7-5-6-8-11/h3-10H2,1-2H3/q+1. The van der Waals surface area contributed by atoms with Crippen molar-refractivity contribution < 1.29 is 14.0 Å². The average Bonchev–Trinajstić information content (AvgIpc) is 2.61. The van der Waals surface area contributed by atoms with Crippen LogP contribution in [-0.2, 0) is 9.47 Å². The second kappa shape index (κ2) is 5.58. The summed E-state index contributed by atoms with van der Waals surface area (Å²) in [7, 11) is 0. The second-order valence-electron chi connectivity index (χ2n) is 3.74. The molecule has 0 aromatic rings. The molecule has 0 aromatic carbocycles. The van der Waals surface area contributed by atoms with Gasteiger partial charge < -0.3 is 9.47 Å². The maximum Gasteiger partial charge on any atom is 0.184 e. The molecule has 1 heterocycles. The van der Waals surface area contributed by atoms with Crippen molar-refractivity contribution in [3.63, 3.8) is 0 Å². The highest BCUT2D eigenvalue weighted by atomic mass is 16.5. The fraction of sp³-hybridized carbons (Fsp3) is 1.00. The Labute approximate surface area is 81.2 Å². The van der Waals surface area contributed by atoms with Crippen molar-refractivity contribution in [1.82, 2.24) is 0 Å². The van der Waals surface area contributed by atoms with E-state index in [1.165, 1.54) is 25.9 Å². The lowest BCUT2D eigenvalue weighted by Crippen LogP contribution is -2.48. The van der Waals surface area contributed by atoms with E-state index in [0.29, 0.717) is 0 Å². The third-order valence-electron chi connectivity index (χ3n) is 2.65. The van der Waals surface area contributed by atoms with E-state index in [1.807, 2.05) is 13.8 Å².